The van der Waals surface area contributed by atoms with E-state index in [1.165, 1.54) is 4.88 Å². The van der Waals surface area contributed by atoms with E-state index in [0.29, 0.717) is 12.1 Å². The van der Waals surface area contributed by atoms with Gasteiger partial charge in [-0.2, -0.15) is 0 Å². The van der Waals surface area contributed by atoms with Crippen molar-refractivity contribution in [3.05, 3.63) is 55.6 Å². The molecule has 5 nitrogen and oxygen atoms in total. The summed E-state index contributed by atoms with van der Waals surface area (Å²) in [6.07, 6.45) is 0.815. The first-order chi connectivity index (χ1) is 10.1. The second-order valence-electron chi connectivity index (χ2n) is 4.88. The SMILES string of the molecule is Cc1cc(C)c(CNC(=O)NCCc2cccs2)c(=O)[nH]1. The maximum Gasteiger partial charge on any atom is 0.315 e. The summed E-state index contributed by atoms with van der Waals surface area (Å²) in [4.78, 5) is 27.5. The van der Waals surface area contributed by atoms with Gasteiger partial charge in [0, 0.05) is 22.7 Å². The number of thiophene rings is 1. The molecule has 0 fully saturated rings. The summed E-state index contributed by atoms with van der Waals surface area (Å²) < 4.78 is 0. The molecule has 2 amide bonds. The van der Waals surface area contributed by atoms with Gasteiger partial charge in [0.1, 0.15) is 0 Å². The number of aromatic nitrogens is 1. The molecule has 3 N–H and O–H groups in total. The molecule has 0 saturated heterocycles. The predicted molar refractivity (Wildman–Crippen MR) is 84.8 cm³/mol. The van der Waals surface area contributed by atoms with E-state index < -0.39 is 0 Å². The Hall–Kier alpha value is -2.08. The van der Waals surface area contributed by atoms with E-state index in [9.17, 15) is 9.59 Å². The lowest BCUT2D eigenvalue weighted by Crippen LogP contribution is -2.37. The number of carbonyl (C=O) groups is 1. The number of rotatable bonds is 5. The van der Waals surface area contributed by atoms with Crippen LogP contribution in [0.4, 0.5) is 4.79 Å². The molecule has 0 saturated carbocycles. The molecular formula is C15H19N3O2S. The summed E-state index contributed by atoms with van der Waals surface area (Å²) in [7, 11) is 0. The highest BCUT2D eigenvalue weighted by molar-refractivity contribution is 7.09. The summed E-state index contributed by atoms with van der Waals surface area (Å²) in [5.41, 5.74) is 2.15. The molecule has 2 aromatic heterocycles. The van der Waals surface area contributed by atoms with Crippen LogP contribution >= 0.6 is 11.3 Å². The fourth-order valence-electron chi connectivity index (χ4n) is 2.09. The molecule has 2 aromatic rings. The molecule has 112 valence electrons. The van der Waals surface area contributed by atoms with Crippen molar-refractivity contribution in [1.82, 2.24) is 15.6 Å². The molecule has 0 spiro atoms. The van der Waals surface area contributed by atoms with Crippen LogP contribution in [0.5, 0.6) is 0 Å². The smallest absolute Gasteiger partial charge is 0.315 e. The van der Waals surface area contributed by atoms with E-state index in [4.69, 9.17) is 0 Å². The predicted octanol–water partition coefficient (Wildman–Crippen LogP) is 2.10. The number of aryl methyl sites for hydroxylation is 2. The third-order valence-electron chi connectivity index (χ3n) is 3.16. The summed E-state index contributed by atoms with van der Waals surface area (Å²) >= 11 is 1.67. The van der Waals surface area contributed by atoms with E-state index in [0.717, 1.165) is 17.7 Å². The number of urea groups is 1. The molecule has 2 rings (SSSR count). The maximum atomic E-state index is 11.8. The number of hydrogen-bond donors (Lipinski definition) is 3. The van der Waals surface area contributed by atoms with Gasteiger partial charge in [-0.05, 0) is 43.3 Å². The fourth-order valence-corrected chi connectivity index (χ4v) is 2.80. The number of amides is 2. The molecule has 0 bridgehead atoms. The van der Waals surface area contributed by atoms with Crippen molar-refractivity contribution in [2.24, 2.45) is 0 Å². The Labute approximate surface area is 127 Å². The molecule has 0 aromatic carbocycles. The normalized spacial score (nSPS) is 10.4. The highest BCUT2D eigenvalue weighted by Crippen LogP contribution is 2.08. The summed E-state index contributed by atoms with van der Waals surface area (Å²) in [6.45, 7) is 4.51. The Kier molecular flexibility index (Phi) is 5.16. The molecule has 0 aliphatic carbocycles. The minimum absolute atomic E-state index is 0.147. The lowest BCUT2D eigenvalue weighted by Gasteiger charge is -2.09. The van der Waals surface area contributed by atoms with E-state index >= 15 is 0 Å². The first kappa shape index (κ1) is 15.3. The summed E-state index contributed by atoms with van der Waals surface area (Å²) in [5, 5.41) is 7.52. The van der Waals surface area contributed by atoms with Crippen molar-refractivity contribution < 1.29 is 4.79 Å². The van der Waals surface area contributed by atoms with E-state index in [1.807, 2.05) is 37.4 Å². The third kappa shape index (κ3) is 4.46. The van der Waals surface area contributed by atoms with E-state index in [1.54, 1.807) is 11.3 Å². The largest absolute Gasteiger partial charge is 0.338 e. The molecule has 0 aliphatic rings. The first-order valence-electron chi connectivity index (χ1n) is 6.79. The van der Waals surface area contributed by atoms with Crippen LogP contribution in [0.2, 0.25) is 0 Å². The maximum absolute atomic E-state index is 11.8. The molecule has 21 heavy (non-hydrogen) atoms. The van der Waals surface area contributed by atoms with E-state index in [2.05, 4.69) is 15.6 Å². The van der Waals surface area contributed by atoms with Crippen LogP contribution in [0.1, 0.15) is 21.7 Å². The Balaban J connectivity index is 1.80. The standard InChI is InChI=1S/C15H19N3O2S/c1-10-8-11(2)18-14(19)13(10)9-17-15(20)16-6-5-12-4-3-7-21-12/h3-4,7-8H,5-6,9H2,1-2H3,(H,18,19)(H2,16,17,20). The zero-order chi connectivity index (χ0) is 15.2. The summed E-state index contributed by atoms with van der Waals surface area (Å²) in [6, 6.07) is 5.67. The van der Waals surface area contributed by atoms with Gasteiger partial charge in [0.2, 0.25) is 0 Å². The highest BCUT2D eigenvalue weighted by atomic mass is 32.1. The van der Waals surface area contributed by atoms with Crippen LogP contribution in [0.25, 0.3) is 0 Å². The molecule has 0 atom stereocenters. The second-order valence-corrected chi connectivity index (χ2v) is 5.91. The molecule has 2 heterocycles. The van der Waals surface area contributed by atoms with Crippen molar-refractivity contribution >= 4 is 17.4 Å². The van der Waals surface area contributed by atoms with Gasteiger partial charge in [-0.3, -0.25) is 4.79 Å². The number of aromatic amines is 1. The Morgan fingerprint density at radius 3 is 2.81 bits per heavy atom. The molecule has 6 heteroatoms. The Morgan fingerprint density at radius 2 is 2.14 bits per heavy atom. The van der Waals surface area contributed by atoms with Gasteiger partial charge in [-0.15, -0.1) is 11.3 Å². The van der Waals surface area contributed by atoms with Gasteiger partial charge in [0.25, 0.3) is 5.56 Å². The second kappa shape index (κ2) is 7.08. The van der Waals surface area contributed by atoms with Gasteiger partial charge in [-0.25, -0.2) is 4.79 Å². The van der Waals surface area contributed by atoms with Gasteiger partial charge < -0.3 is 15.6 Å². The van der Waals surface area contributed by atoms with Crippen molar-refractivity contribution in [3.63, 3.8) is 0 Å². The number of pyridine rings is 1. The quantitative estimate of drug-likeness (QED) is 0.791. The average molecular weight is 305 g/mol. The zero-order valence-corrected chi connectivity index (χ0v) is 13.0. The van der Waals surface area contributed by atoms with Crippen LogP contribution in [0.15, 0.2) is 28.4 Å². The van der Waals surface area contributed by atoms with Crippen molar-refractivity contribution in [3.8, 4) is 0 Å². The van der Waals surface area contributed by atoms with Crippen LogP contribution in [-0.4, -0.2) is 17.6 Å². The van der Waals surface area contributed by atoms with Crippen LogP contribution < -0.4 is 16.2 Å². The minimum atomic E-state index is -0.258. The van der Waals surface area contributed by atoms with Gasteiger partial charge in [0.05, 0.1) is 6.54 Å². The van der Waals surface area contributed by atoms with E-state index in [-0.39, 0.29) is 18.1 Å². The first-order valence-corrected chi connectivity index (χ1v) is 7.67. The lowest BCUT2D eigenvalue weighted by molar-refractivity contribution is 0.240. The van der Waals surface area contributed by atoms with Gasteiger partial charge >= 0.3 is 6.03 Å². The van der Waals surface area contributed by atoms with Crippen molar-refractivity contribution in [2.45, 2.75) is 26.8 Å². The number of hydrogen-bond acceptors (Lipinski definition) is 3. The highest BCUT2D eigenvalue weighted by Gasteiger charge is 2.07. The van der Waals surface area contributed by atoms with Crippen LogP contribution in [0.3, 0.4) is 0 Å². The number of nitrogens with one attached hydrogen (secondary N) is 3. The van der Waals surface area contributed by atoms with Crippen molar-refractivity contribution in [1.29, 1.82) is 0 Å². The Morgan fingerprint density at radius 1 is 1.33 bits per heavy atom. The molecule has 0 unspecified atom stereocenters. The lowest BCUT2D eigenvalue weighted by atomic mass is 10.1. The molecule has 0 aliphatic heterocycles. The Bertz CT molecular complexity index is 662. The average Bonchev–Trinajstić information content (AvgIpc) is 2.90. The van der Waals surface area contributed by atoms with Crippen LogP contribution in [-0.2, 0) is 13.0 Å². The van der Waals surface area contributed by atoms with Gasteiger partial charge in [-0.1, -0.05) is 6.07 Å². The number of carbonyl (C=O) groups excluding carboxylic acids is 1. The van der Waals surface area contributed by atoms with Gasteiger partial charge in [0.15, 0.2) is 0 Å². The summed E-state index contributed by atoms with van der Waals surface area (Å²) in [5.74, 6) is 0. The fraction of sp³-hybridized carbons (Fsp3) is 0.333. The van der Waals surface area contributed by atoms with Crippen molar-refractivity contribution in [2.75, 3.05) is 6.54 Å². The van der Waals surface area contributed by atoms with Crippen LogP contribution in [0, 0.1) is 13.8 Å². The third-order valence-corrected chi connectivity index (χ3v) is 4.09. The monoisotopic (exact) mass is 305 g/mol. The minimum Gasteiger partial charge on any atom is -0.338 e. The topological polar surface area (TPSA) is 74.0 Å². The molecular weight excluding hydrogens is 286 g/mol. The zero-order valence-electron chi connectivity index (χ0n) is 12.2. The molecule has 0 radical (unpaired) electrons. The number of H-pyrrole nitrogens is 1.